The van der Waals surface area contributed by atoms with E-state index in [0.717, 1.165) is 28.8 Å². The molecule has 5 heteroatoms. The first-order valence-electron chi connectivity index (χ1n) is 7.37. The fourth-order valence-corrected chi connectivity index (χ4v) is 7.00. The van der Waals surface area contributed by atoms with Crippen LogP contribution in [0.15, 0.2) is 10.3 Å². The van der Waals surface area contributed by atoms with E-state index in [1.165, 1.54) is 12.8 Å². The molecule has 0 aliphatic carbocycles. The Bertz CT molecular complexity index is 282. The van der Waals surface area contributed by atoms with Gasteiger partial charge >= 0.3 is 125 Å². The second-order valence-electron chi connectivity index (χ2n) is 4.22. The van der Waals surface area contributed by atoms with Crippen LogP contribution in [0, 0.1) is 0 Å². The Kier molecular flexibility index (Phi) is 12.4. The molecule has 0 spiro atoms. The van der Waals surface area contributed by atoms with Gasteiger partial charge in [0.05, 0.1) is 0 Å². The fourth-order valence-electron chi connectivity index (χ4n) is 1.50. The maximum atomic E-state index is 12.8. The van der Waals surface area contributed by atoms with Crippen LogP contribution >= 0.6 is 7.60 Å². The first-order chi connectivity index (χ1) is 9.14. The van der Waals surface area contributed by atoms with Crippen LogP contribution < -0.4 is 0 Å². The van der Waals surface area contributed by atoms with Crippen molar-refractivity contribution in [1.82, 2.24) is 0 Å². The Morgan fingerprint density at radius 1 is 1.05 bits per heavy atom. The van der Waals surface area contributed by atoms with Gasteiger partial charge in [0.1, 0.15) is 0 Å². The third kappa shape index (κ3) is 8.32. The average Bonchev–Trinajstić information content (AvgIpc) is 2.38. The quantitative estimate of drug-likeness (QED) is 0.274. The van der Waals surface area contributed by atoms with Gasteiger partial charge in [-0.2, -0.15) is 0 Å². The van der Waals surface area contributed by atoms with Crippen LogP contribution in [0.2, 0.25) is 5.32 Å². The predicted molar refractivity (Wildman–Crippen MR) is 83.9 cm³/mol. The summed E-state index contributed by atoms with van der Waals surface area (Å²) in [4.78, 5) is 0. The van der Waals surface area contributed by atoms with Crippen LogP contribution in [-0.2, 0) is 13.6 Å². The molecule has 0 aliphatic rings. The summed E-state index contributed by atoms with van der Waals surface area (Å²) >= 11 is 0.226. The Morgan fingerprint density at radius 3 is 2.11 bits per heavy atom. The predicted octanol–water partition coefficient (Wildman–Crippen LogP) is 5.21. The van der Waals surface area contributed by atoms with Crippen molar-refractivity contribution in [3.63, 3.8) is 0 Å². The molecule has 0 rings (SSSR count). The van der Waals surface area contributed by atoms with Gasteiger partial charge in [0.2, 0.25) is 0 Å². The van der Waals surface area contributed by atoms with E-state index in [4.69, 9.17) is 9.05 Å². The third-order valence-corrected chi connectivity index (χ3v) is 8.49. The average molecular weight is 355 g/mol. The van der Waals surface area contributed by atoms with Crippen LogP contribution in [0.1, 0.15) is 59.8 Å². The van der Waals surface area contributed by atoms with Gasteiger partial charge in [-0.05, 0) is 0 Å². The number of allylic oxidation sites excluding steroid dienone is 1. The van der Waals surface area contributed by atoms with E-state index < -0.39 is 7.60 Å². The monoisotopic (exact) mass is 356 g/mol. The molecule has 0 aromatic carbocycles. The van der Waals surface area contributed by atoms with E-state index in [1.807, 2.05) is 13.8 Å². The van der Waals surface area contributed by atoms with E-state index in [2.05, 4.69) is 19.9 Å². The zero-order valence-electron chi connectivity index (χ0n) is 12.8. The fraction of sp³-hybridized carbons (Fsp3) is 0.857. The minimum absolute atomic E-state index is 0.226. The summed E-state index contributed by atoms with van der Waals surface area (Å²) in [6.45, 7) is 8.96. The molecule has 0 unspecified atom stereocenters. The number of hydrogen-bond donors (Lipinski definition) is 0. The number of unbranched alkanes of at least 4 members (excludes halogenated alkanes) is 3. The summed E-state index contributed by atoms with van der Waals surface area (Å²) < 4.78 is 24.7. The molecule has 3 nitrogen and oxygen atoms in total. The van der Waals surface area contributed by atoms with Gasteiger partial charge in [-0.3, -0.25) is 0 Å². The molecule has 0 fully saturated rings. The summed E-state index contributed by atoms with van der Waals surface area (Å²) in [5, 5.41) is 1.12. The molecule has 0 aromatic rings. The minimum atomic E-state index is -3.02. The molecule has 0 atom stereocenters. The normalized spacial score (nSPS) is 12.9. The van der Waals surface area contributed by atoms with Crippen molar-refractivity contribution in [1.29, 1.82) is 0 Å². The van der Waals surface area contributed by atoms with E-state index in [9.17, 15) is 4.57 Å². The molecule has 0 saturated heterocycles. The van der Waals surface area contributed by atoms with Crippen molar-refractivity contribution in [3.05, 3.63) is 10.3 Å². The molecule has 0 aliphatic heterocycles. The summed E-state index contributed by atoms with van der Waals surface area (Å²) in [5.74, 6) is 0. The number of rotatable bonds is 12. The topological polar surface area (TPSA) is 35.5 Å². The van der Waals surface area contributed by atoms with Gasteiger partial charge in [-0.1, -0.05) is 0 Å². The van der Waals surface area contributed by atoms with Gasteiger partial charge < -0.3 is 0 Å². The molecule has 0 saturated carbocycles. The molecular weight excluding hydrogens is 326 g/mol. The summed E-state index contributed by atoms with van der Waals surface area (Å²) in [5.41, 5.74) is 0. The van der Waals surface area contributed by atoms with Crippen molar-refractivity contribution in [2.75, 3.05) is 13.2 Å². The van der Waals surface area contributed by atoms with Crippen LogP contribution in [0.25, 0.3) is 0 Å². The maximum absolute atomic E-state index is 12.8. The Balaban J connectivity index is 4.82. The van der Waals surface area contributed by atoms with Gasteiger partial charge in [0.25, 0.3) is 0 Å². The van der Waals surface area contributed by atoms with Gasteiger partial charge in [0.15, 0.2) is 0 Å². The SMILES string of the molecule is CCCC/C=C(/[Se]CCCC)P(=O)(OCC)OCC. The number of hydrogen-bond acceptors (Lipinski definition) is 3. The summed E-state index contributed by atoms with van der Waals surface area (Å²) in [7, 11) is -3.02. The summed E-state index contributed by atoms with van der Waals surface area (Å²) in [6.07, 6.45) is 7.74. The zero-order valence-corrected chi connectivity index (χ0v) is 15.4. The molecule has 0 bridgehead atoms. The van der Waals surface area contributed by atoms with Crippen molar-refractivity contribution >= 4 is 22.6 Å². The van der Waals surface area contributed by atoms with Crippen LogP contribution in [-0.4, -0.2) is 28.2 Å². The molecule has 0 aromatic heterocycles. The van der Waals surface area contributed by atoms with E-state index in [0.29, 0.717) is 13.2 Å². The first-order valence-corrected chi connectivity index (χ1v) is 11.0. The van der Waals surface area contributed by atoms with E-state index in [-0.39, 0.29) is 15.0 Å². The Hall–Kier alpha value is 0.409. The molecule has 0 heterocycles. The second kappa shape index (κ2) is 12.2. The van der Waals surface area contributed by atoms with Crippen LogP contribution in [0.4, 0.5) is 0 Å². The summed E-state index contributed by atoms with van der Waals surface area (Å²) in [6, 6.07) is 0. The molecule has 0 N–H and O–H groups in total. The Labute approximate surface area is 125 Å². The van der Waals surface area contributed by atoms with Gasteiger partial charge in [-0.25, -0.2) is 0 Å². The zero-order chi connectivity index (χ0) is 14.6. The molecule has 0 amide bonds. The molecule has 114 valence electrons. The first kappa shape index (κ1) is 19.4. The molecular formula is C14H29O3PSe. The van der Waals surface area contributed by atoms with Crippen LogP contribution in [0.3, 0.4) is 0 Å². The van der Waals surface area contributed by atoms with Crippen molar-refractivity contribution in [2.24, 2.45) is 0 Å². The van der Waals surface area contributed by atoms with Gasteiger partial charge in [-0.15, -0.1) is 0 Å². The van der Waals surface area contributed by atoms with E-state index >= 15 is 0 Å². The van der Waals surface area contributed by atoms with Crippen molar-refractivity contribution in [2.45, 2.75) is 65.1 Å². The van der Waals surface area contributed by atoms with Crippen molar-refractivity contribution < 1.29 is 13.6 Å². The van der Waals surface area contributed by atoms with Gasteiger partial charge in [0, 0.05) is 0 Å². The molecule has 19 heavy (non-hydrogen) atoms. The second-order valence-corrected chi connectivity index (χ2v) is 9.28. The molecule has 0 radical (unpaired) electrons. The third-order valence-electron chi connectivity index (χ3n) is 2.49. The standard InChI is InChI=1S/C14H29O3PSe/c1-5-9-11-12-14(19-13-10-6-2)18(15,16-7-3)17-8-4/h12H,5-11,13H2,1-4H3/b14-12+. The van der Waals surface area contributed by atoms with Crippen molar-refractivity contribution in [3.8, 4) is 0 Å². The van der Waals surface area contributed by atoms with Crippen LogP contribution in [0.5, 0.6) is 0 Å². The van der Waals surface area contributed by atoms with E-state index in [1.54, 1.807) is 0 Å². The Morgan fingerprint density at radius 2 is 1.63 bits per heavy atom.